The van der Waals surface area contributed by atoms with Crippen molar-refractivity contribution < 1.29 is 22.4 Å². The van der Waals surface area contributed by atoms with Gasteiger partial charge in [0.2, 0.25) is 21.8 Å². The fraction of sp³-hybridized carbons (Fsp3) is 0.333. The Balaban J connectivity index is 2.02. The molecular formula is C30H36FN3O4S. The largest absolute Gasteiger partial charge is 0.355 e. The number of nitrogens with zero attached hydrogens (tertiary/aromatic N) is 2. The number of halogens is 1. The highest BCUT2D eigenvalue weighted by Gasteiger charge is 2.32. The average molecular weight is 554 g/mol. The van der Waals surface area contributed by atoms with Crippen LogP contribution in [0.5, 0.6) is 0 Å². The summed E-state index contributed by atoms with van der Waals surface area (Å²) in [6, 6.07) is 21.1. The first-order valence-electron chi connectivity index (χ1n) is 12.9. The fourth-order valence-electron chi connectivity index (χ4n) is 4.27. The van der Waals surface area contributed by atoms with Gasteiger partial charge in [0.05, 0.1) is 11.9 Å². The third-order valence-electron chi connectivity index (χ3n) is 6.42. The van der Waals surface area contributed by atoms with Crippen LogP contribution in [0.1, 0.15) is 43.4 Å². The first-order chi connectivity index (χ1) is 18.5. The van der Waals surface area contributed by atoms with Crippen LogP contribution in [0, 0.1) is 5.82 Å². The van der Waals surface area contributed by atoms with E-state index in [1.165, 1.54) is 17.0 Å². The lowest BCUT2D eigenvalue weighted by atomic mass is 10.0. The Morgan fingerprint density at radius 1 is 0.897 bits per heavy atom. The Hall–Kier alpha value is -3.72. The van der Waals surface area contributed by atoms with E-state index >= 15 is 0 Å². The number of hydrogen-bond donors (Lipinski definition) is 1. The zero-order valence-corrected chi connectivity index (χ0v) is 23.6. The predicted octanol–water partition coefficient (Wildman–Crippen LogP) is 4.49. The first kappa shape index (κ1) is 29.8. The van der Waals surface area contributed by atoms with Gasteiger partial charge < -0.3 is 10.2 Å². The van der Waals surface area contributed by atoms with Crippen molar-refractivity contribution in [2.24, 2.45) is 0 Å². The fourth-order valence-corrected chi connectivity index (χ4v) is 5.12. The summed E-state index contributed by atoms with van der Waals surface area (Å²) in [7, 11) is -3.84. The molecule has 39 heavy (non-hydrogen) atoms. The normalized spacial score (nSPS) is 12.2. The Labute approximate surface area is 230 Å². The monoisotopic (exact) mass is 553 g/mol. The van der Waals surface area contributed by atoms with Gasteiger partial charge in [-0.25, -0.2) is 12.8 Å². The topological polar surface area (TPSA) is 86.8 Å². The van der Waals surface area contributed by atoms with E-state index < -0.39 is 34.3 Å². The van der Waals surface area contributed by atoms with Crippen LogP contribution in [0.4, 0.5) is 10.1 Å². The molecule has 2 amide bonds. The SMILES string of the molecule is CCNC(=O)[C@H](Cc1ccccc1)N(Cc1ccc(F)cc1)C(=O)CN(c1ccc(C(C)C)cc1)S(C)(=O)=O. The maximum atomic E-state index is 13.9. The summed E-state index contributed by atoms with van der Waals surface area (Å²) in [5, 5.41) is 2.80. The molecule has 0 aliphatic heterocycles. The lowest BCUT2D eigenvalue weighted by Crippen LogP contribution is -2.53. The molecule has 0 radical (unpaired) electrons. The van der Waals surface area contributed by atoms with Crippen LogP contribution < -0.4 is 9.62 Å². The molecule has 0 spiro atoms. The average Bonchev–Trinajstić information content (AvgIpc) is 2.90. The number of nitrogens with one attached hydrogen (secondary N) is 1. The molecule has 0 bridgehead atoms. The lowest BCUT2D eigenvalue weighted by molar-refractivity contribution is -0.140. The molecule has 3 rings (SSSR count). The lowest BCUT2D eigenvalue weighted by Gasteiger charge is -2.33. The van der Waals surface area contributed by atoms with Crippen molar-refractivity contribution >= 4 is 27.5 Å². The Morgan fingerprint density at radius 3 is 2.05 bits per heavy atom. The van der Waals surface area contributed by atoms with Crippen molar-refractivity contribution in [3.8, 4) is 0 Å². The van der Waals surface area contributed by atoms with Crippen molar-refractivity contribution in [2.45, 2.75) is 45.7 Å². The van der Waals surface area contributed by atoms with E-state index in [1.54, 1.807) is 31.2 Å². The maximum Gasteiger partial charge on any atom is 0.244 e. The number of rotatable bonds is 12. The van der Waals surface area contributed by atoms with E-state index in [0.717, 1.165) is 21.7 Å². The zero-order chi connectivity index (χ0) is 28.6. The van der Waals surface area contributed by atoms with Crippen LogP contribution in [-0.2, 0) is 32.6 Å². The zero-order valence-electron chi connectivity index (χ0n) is 22.8. The number of hydrogen-bond acceptors (Lipinski definition) is 4. The van der Waals surface area contributed by atoms with Gasteiger partial charge in [-0.15, -0.1) is 0 Å². The van der Waals surface area contributed by atoms with Gasteiger partial charge in [-0.1, -0.05) is 68.4 Å². The minimum Gasteiger partial charge on any atom is -0.355 e. The second kappa shape index (κ2) is 13.4. The molecule has 0 aliphatic carbocycles. The van der Waals surface area contributed by atoms with Crippen LogP contribution >= 0.6 is 0 Å². The van der Waals surface area contributed by atoms with E-state index in [9.17, 15) is 22.4 Å². The molecule has 0 saturated carbocycles. The van der Waals surface area contributed by atoms with Crippen LogP contribution in [-0.4, -0.2) is 50.5 Å². The molecule has 0 heterocycles. The summed E-state index contributed by atoms with van der Waals surface area (Å²) in [6.45, 7) is 5.72. The smallest absolute Gasteiger partial charge is 0.244 e. The molecule has 1 atom stereocenters. The number of carbonyl (C=O) groups is 2. The van der Waals surface area contributed by atoms with Crippen molar-refractivity contribution in [3.63, 3.8) is 0 Å². The Bertz CT molecular complexity index is 1350. The van der Waals surface area contributed by atoms with Gasteiger partial charge in [-0.05, 0) is 53.8 Å². The van der Waals surface area contributed by atoms with Gasteiger partial charge in [-0.3, -0.25) is 13.9 Å². The van der Waals surface area contributed by atoms with E-state index in [0.29, 0.717) is 17.8 Å². The molecule has 0 fully saturated rings. The van der Waals surface area contributed by atoms with Gasteiger partial charge in [0, 0.05) is 19.5 Å². The van der Waals surface area contributed by atoms with Crippen LogP contribution in [0.3, 0.4) is 0 Å². The van der Waals surface area contributed by atoms with Crippen molar-refractivity contribution in [2.75, 3.05) is 23.7 Å². The number of sulfonamides is 1. The Morgan fingerprint density at radius 2 is 1.51 bits per heavy atom. The number of benzene rings is 3. The molecule has 0 saturated heterocycles. The van der Waals surface area contributed by atoms with Crippen molar-refractivity contribution in [3.05, 3.63) is 101 Å². The minimum absolute atomic E-state index is 0.00234. The van der Waals surface area contributed by atoms with Gasteiger partial charge in [0.1, 0.15) is 18.4 Å². The van der Waals surface area contributed by atoms with Crippen LogP contribution in [0.25, 0.3) is 0 Å². The van der Waals surface area contributed by atoms with E-state index in [2.05, 4.69) is 5.32 Å². The third kappa shape index (κ3) is 8.38. The van der Waals surface area contributed by atoms with Crippen molar-refractivity contribution in [1.82, 2.24) is 10.2 Å². The van der Waals surface area contributed by atoms with E-state index in [-0.39, 0.29) is 24.8 Å². The summed E-state index contributed by atoms with van der Waals surface area (Å²) >= 11 is 0. The molecule has 3 aromatic carbocycles. The molecule has 208 valence electrons. The molecule has 9 heteroatoms. The molecule has 0 unspecified atom stereocenters. The van der Waals surface area contributed by atoms with E-state index in [1.807, 2.05) is 56.3 Å². The summed E-state index contributed by atoms with van der Waals surface area (Å²) in [5.74, 6) is -1.07. The highest BCUT2D eigenvalue weighted by atomic mass is 32.2. The summed E-state index contributed by atoms with van der Waals surface area (Å²) in [4.78, 5) is 28.6. The Kier molecular flexibility index (Phi) is 10.2. The molecule has 1 N–H and O–H groups in total. The molecule has 7 nitrogen and oxygen atoms in total. The van der Waals surface area contributed by atoms with Crippen molar-refractivity contribution in [1.29, 1.82) is 0 Å². The second-order valence-electron chi connectivity index (χ2n) is 9.76. The second-order valence-corrected chi connectivity index (χ2v) is 11.7. The first-order valence-corrected chi connectivity index (χ1v) is 14.8. The van der Waals surface area contributed by atoms with Gasteiger partial charge in [0.25, 0.3) is 0 Å². The molecule has 0 aliphatic rings. The standard InChI is InChI=1S/C30H36FN3O4S/c1-5-32-30(36)28(19-23-9-7-6-8-10-23)33(20-24-11-15-26(31)16-12-24)29(35)21-34(39(4,37)38)27-17-13-25(14-18-27)22(2)3/h6-18,22,28H,5,19-21H2,1-4H3,(H,32,36)/t28-/m0/s1. The molecular weight excluding hydrogens is 517 g/mol. The quantitative estimate of drug-likeness (QED) is 0.358. The summed E-state index contributed by atoms with van der Waals surface area (Å²) in [6.07, 6.45) is 1.27. The predicted molar refractivity (Wildman–Crippen MR) is 152 cm³/mol. The van der Waals surface area contributed by atoms with Crippen LogP contribution in [0.15, 0.2) is 78.9 Å². The maximum absolute atomic E-state index is 13.9. The molecule has 0 aromatic heterocycles. The van der Waals surface area contributed by atoms with E-state index in [4.69, 9.17) is 0 Å². The molecule has 3 aromatic rings. The van der Waals surface area contributed by atoms with Crippen LogP contribution in [0.2, 0.25) is 0 Å². The van der Waals surface area contributed by atoms with Gasteiger partial charge >= 0.3 is 0 Å². The number of anilines is 1. The minimum atomic E-state index is -3.84. The van der Waals surface area contributed by atoms with Gasteiger partial charge in [0.15, 0.2) is 0 Å². The highest BCUT2D eigenvalue weighted by molar-refractivity contribution is 7.92. The number of likely N-dealkylation sites (N-methyl/N-ethyl adjacent to an activating group) is 1. The van der Waals surface area contributed by atoms with Gasteiger partial charge in [-0.2, -0.15) is 0 Å². The third-order valence-corrected chi connectivity index (χ3v) is 7.56. The number of carbonyl (C=O) groups excluding carboxylic acids is 2. The highest BCUT2D eigenvalue weighted by Crippen LogP contribution is 2.23. The summed E-state index contributed by atoms with van der Waals surface area (Å²) < 4.78 is 40.3. The summed E-state index contributed by atoms with van der Waals surface area (Å²) in [5.41, 5.74) is 2.85. The number of amides is 2.